The molecule has 1 N–H and O–H groups in total. The molecule has 0 saturated carbocycles. The molecule has 0 aliphatic carbocycles. The topological polar surface area (TPSA) is 55.4 Å². The first-order valence-electron chi connectivity index (χ1n) is 9.72. The number of ether oxygens (including phenoxy) is 1. The van der Waals surface area contributed by atoms with E-state index in [1.165, 1.54) is 6.92 Å². The van der Waals surface area contributed by atoms with Gasteiger partial charge < -0.3 is 10.1 Å². The largest absolute Gasteiger partial charge is 0.458 e. The van der Waals surface area contributed by atoms with E-state index in [4.69, 9.17) is 16.3 Å². The summed E-state index contributed by atoms with van der Waals surface area (Å²) < 4.78 is 5.53. The van der Waals surface area contributed by atoms with E-state index in [2.05, 4.69) is 5.32 Å². The fraction of sp³-hybridized carbons (Fsp3) is 0.200. The Kier molecular flexibility index (Phi) is 6.91. The van der Waals surface area contributed by atoms with Gasteiger partial charge in [0.15, 0.2) is 5.78 Å². The van der Waals surface area contributed by atoms with Crippen LogP contribution in [0, 0.1) is 0 Å². The van der Waals surface area contributed by atoms with Crippen LogP contribution in [0.4, 0.5) is 0 Å². The number of dihydropyridines is 1. The van der Waals surface area contributed by atoms with Gasteiger partial charge in [-0.15, -0.1) is 0 Å². The molecule has 0 spiro atoms. The molecule has 0 radical (unpaired) electrons. The van der Waals surface area contributed by atoms with Crippen molar-refractivity contribution in [2.45, 2.75) is 26.7 Å². The second-order valence-corrected chi connectivity index (χ2v) is 7.59. The van der Waals surface area contributed by atoms with E-state index < -0.39 is 11.9 Å². The molecular formula is C25H24ClNO3. The van der Waals surface area contributed by atoms with Gasteiger partial charge in [0.1, 0.15) is 6.61 Å². The summed E-state index contributed by atoms with van der Waals surface area (Å²) in [6, 6.07) is 17.0. The minimum Gasteiger partial charge on any atom is -0.458 e. The highest BCUT2D eigenvalue weighted by molar-refractivity contribution is 6.30. The van der Waals surface area contributed by atoms with Crippen LogP contribution in [-0.4, -0.2) is 18.4 Å². The van der Waals surface area contributed by atoms with Crippen LogP contribution in [0.25, 0.3) is 6.08 Å². The average Bonchev–Trinajstić information content (AvgIpc) is 2.71. The zero-order valence-electron chi connectivity index (χ0n) is 17.2. The maximum Gasteiger partial charge on any atom is 0.337 e. The fourth-order valence-electron chi connectivity index (χ4n) is 3.70. The van der Waals surface area contributed by atoms with Crippen LogP contribution in [0.1, 0.15) is 37.8 Å². The lowest BCUT2D eigenvalue weighted by Crippen LogP contribution is -2.31. The number of Topliss-reactive ketones (excluding diaryl/α,β-unsaturated/α-hetero) is 1. The number of rotatable bonds is 6. The summed E-state index contributed by atoms with van der Waals surface area (Å²) in [6.45, 7) is 5.28. The van der Waals surface area contributed by atoms with Crippen molar-refractivity contribution in [1.82, 2.24) is 5.32 Å². The third kappa shape index (κ3) is 4.89. The molecule has 0 amide bonds. The normalized spacial score (nSPS) is 16.6. The Labute approximate surface area is 181 Å². The van der Waals surface area contributed by atoms with E-state index in [0.29, 0.717) is 21.9 Å². The molecule has 0 aromatic heterocycles. The van der Waals surface area contributed by atoms with Crippen molar-refractivity contribution in [3.63, 3.8) is 0 Å². The molecular weight excluding hydrogens is 398 g/mol. The van der Waals surface area contributed by atoms with E-state index >= 15 is 0 Å². The molecule has 30 heavy (non-hydrogen) atoms. The van der Waals surface area contributed by atoms with Crippen molar-refractivity contribution >= 4 is 29.4 Å². The molecule has 2 aromatic rings. The number of halogens is 1. The standard InChI is InChI=1S/C25H24ClNO3/c1-16-22(18(3)28)24(20-12-7-13-21(26)15-20)23(17(2)27-16)25(29)30-14-8-11-19-9-5-4-6-10-19/h4-13,15,24,27H,14H2,1-3H3/b11-8+. The minimum absolute atomic E-state index is 0.105. The van der Waals surface area contributed by atoms with Gasteiger partial charge in [0.05, 0.1) is 5.57 Å². The molecule has 1 aliphatic rings. The number of carbonyl (C=O) groups is 2. The summed E-state index contributed by atoms with van der Waals surface area (Å²) in [5.41, 5.74) is 4.15. The van der Waals surface area contributed by atoms with Crippen LogP contribution >= 0.6 is 11.6 Å². The molecule has 2 aromatic carbocycles. The van der Waals surface area contributed by atoms with Crippen molar-refractivity contribution in [2.75, 3.05) is 6.61 Å². The van der Waals surface area contributed by atoms with Crippen LogP contribution in [0.3, 0.4) is 0 Å². The first kappa shape index (κ1) is 21.6. The van der Waals surface area contributed by atoms with Gasteiger partial charge in [-0.1, -0.05) is 60.1 Å². The number of benzene rings is 2. The van der Waals surface area contributed by atoms with Crippen molar-refractivity contribution in [1.29, 1.82) is 0 Å². The van der Waals surface area contributed by atoms with Gasteiger partial charge in [0, 0.05) is 27.9 Å². The number of nitrogens with one attached hydrogen (secondary N) is 1. The fourth-order valence-corrected chi connectivity index (χ4v) is 3.90. The highest BCUT2D eigenvalue weighted by atomic mass is 35.5. The van der Waals surface area contributed by atoms with Crippen LogP contribution < -0.4 is 5.32 Å². The Morgan fingerprint density at radius 2 is 1.73 bits per heavy atom. The number of allylic oxidation sites excluding steroid dienone is 3. The van der Waals surface area contributed by atoms with Crippen molar-refractivity contribution in [2.24, 2.45) is 0 Å². The van der Waals surface area contributed by atoms with E-state index in [9.17, 15) is 9.59 Å². The van der Waals surface area contributed by atoms with Crippen molar-refractivity contribution in [3.05, 3.63) is 99.4 Å². The first-order chi connectivity index (χ1) is 14.4. The molecule has 0 saturated heterocycles. The lowest BCUT2D eigenvalue weighted by molar-refractivity contribution is -0.138. The summed E-state index contributed by atoms with van der Waals surface area (Å²) in [6.07, 6.45) is 3.69. The molecule has 154 valence electrons. The molecule has 4 nitrogen and oxygen atoms in total. The van der Waals surface area contributed by atoms with Gasteiger partial charge in [-0.3, -0.25) is 4.79 Å². The molecule has 5 heteroatoms. The van der Waals surface area contributed by atoms with Gasteiger partial charge in [-0.25, -0.2) is 4.79 Å². The predicted octanol–water partition coefficient (Wildman–Crippen LogP) is 5.42. The van der Waals surface area contributed by atoms with Crippen molar-refractivity contribution in [3.8, 4) is 0 Å². The van der Waals surface area contributed by atoms with Gasteiger partial charge in [0.2, 0.25) is 0 Å². The lowest BCUT2D eigenvalue weighted by atomic mass is 9.79. The van der Waals surface area contributed by atoms with E-state index in [1.807, 2.05) is 62.4 Å². The number of hydrogen-bond acceptors (Lipinski definition) is 4. The SMILES string of the molecule is CC(=O)C1=C(C)NC(C)=C(C(=O)OC/C=C/c2ccccc2)C1c1cccc(Cl)c1. The summed E-state index contributed by atoms with van der Waals surface area (Å²) in [4.78, 5) is 25.5. The van der Waals surface area contributed by atoms with Crippen LogP contribution in [0.15, 0.2) is 83.2 Å². The van der Waals surface area contributed by atoms with Crippen LogP contribution in [-0.2, 0) is 14.3 Å². The smallest absolute Gasteiger partial charge is 0.337 e. The molecule has 3 rings (SSSR count). The highest BCUT2D eigenvalue weighted by Crippen LogP contribution is 2.39. The summed E-state index contributed by atoms with van der Waals surface area (Å²) >= 11 is 6.19. The Morgan fingerprint density at radius 1 is 1.03 bits per heavy atom. The minimum atomic E-state index is -0.534. The van der Waals surface area contributed by atoms with Gasteiger partial charge in [-0.2, -0.15) is 0 Å². The maximum absolute atomic E-state index is 13.0. The van der Waals surface area contributed by atoms with E-state index in [0.717, 1.165) is 16.8 Å². The Morgan fingerprint density at radius 3 is 2.40 bits per heavy atom. The Bertz CT molecular complexity index is 1050. The number of esters is 1. The van der Waals surface area contributed by atoms with Crippen LogP contribution in [0.2, 0.25) is 5.02 Å². The number of carbonyl (C=O) groups excluding carboxylic acids is 2. The van der Waals surface area contributed by atoms with Gasteiger partial charge in [0.25, 0.3) is 0 Å². The lowest BCUT2D eigenvalue weighted by Gasteiger charge is -2.30. The van der Waals surface area contributed by atoms with Gasteiger partial charge in [-0.05, 0) is 50.1 Å². The first-order valence-corrected chi connectivity index (χ1v) is 10.1. The number of hydrogen-bond donors (Lipinski definition) is 1. The molecule has 1 aliphatic heterocycles. The van der Waals surface area contributed by atoms with E-state index in [1.54, 1.807) is 18.2 Å². The highest BCUT2D eigenvalue weighted by Gasteiger charge is 2.35. The summed E-state index contributed by atoms with van der Waals surface area (Å²) in [5.74, 6) is -1.10. The van der Waals surface area contributed by atoms with E-state index in [-0.39, 0.29) is 12.4 Å². The quantitative estimate of drug-likeness (QED) is 0.632. The average molecular weight is 422 g/mol. The third-order valence-corrected chi connectivity index (χ3v) is 5.20. The summed E-state index contributed by atoms with van der Waals surface area (Å²) in [5, 5.41) is 3.70. The monoisotopic (exact) mass is 421 g/mol. The van der Waals surface area contributed by atoms with Crippen molar-refractivity contribution < 1.29 is 14.3 Å². The zero-order chi connectivity index (χ0) is 21.7. The Hall–Kier alpha value is -3.11. The third-order valence-electron chi connectivity index (χ3n) is 4.96. The second kappa shape index (κ2) is 9.59. The molecule has 0 bridgehead atoms. The molecule has 1 atom stereocenters. The summed E-state index contributed by atoms with van der Waals surface area (Å²) in [7, 11) is 0. The molecule has 0 fully saturated rings. The Balaban J connectivity index is 1.88. The van der Waals surface area contributed by atoms with Gasteiger partial charge >= 0.3 is 5.97 Å². The predicted molar refractivity (Wildman–Crippen MR) is 120 cm³/mol. The molecule has 1 heterocycles. The van der Waals surface area contributed by atoms with Crippen LogP contribution in [0.5, 0.6) is 0 Å². The number of ketones is 1. The zero-order valence-corrected chi connectivity index (χ0v) is 18.0. The maximum atomic E-state index is 13.0. The second-order valence-electron chi connectivity index (χ2n) is 7.16. The molecule has 1 unspecified atom stereocenters.